The largest absolute Gasteiger partial charge is 0.481 e. The predicted molar refractivity (Wildman–Crippen MR) is 68.5 cm³/mol. The summed E-state index contributed by atoms with van der Waals surface area (Å²) in [6.45, 7) is 7.19. The standard InChI is InChI=1S/C13H22N2O4/c1-13(2)9(10(13)12(18)19)11(17)15-5-3-14(4-6-15)7-8-16/h9-10,16H,3-8H2,1-2H3,(H,18,19)/t9-,10-/m1/s1. The molecule has 2 aliphatic rings. The molecule has 1 saturated carbocycles. The van der Waals surface area contributed by atoms with E-state index in [9.17, 15) is 9.59 Å². The molecular formula is C13H22N2O4. The van der Waals surface area contributed by atoms with Crippen LogP contribution in [0.15, 0.2) is 0 Å². The number of amides is 1. The number of β-amino-alcohol motifs (C(OH)–C–C–N with tert-alkyl or cyclic N) is 1. The summed E-state index contributed by atoms with van der Waals surface area (Å²) in [6.07, 6.45) is 0. The quantitative estimate of drug-likeness (QED) is 0.718. The third kappa shape index (κ3) is 2.60. The number of aliphatic carboxylic acids is 1. The summed E-state index contributed by atoms with van der Waals surface area (Å²) in [5, 5.41) is 18.0. The fourth-order valence-electron chi connectivity index (χ4n) is 3.09. The van der Waals surface area contributed by atoms with Crippen molar-refractivity contribution in [3.8, 4) is 0 Å². The molecule has 108 valence electrons. The average Bonchev–Trinajstić information content (AvgIpc) is 2.93. The van der Waals surface area contributed by atoms with E-state index in [2.05, 4.69) is 4.90 Å². The molecule has 0 unspecified atom stereocenters. The smallest absolute Gasteiger partial charge is 0.307 e. The van der Waals surface area contributed by atoms with Gasteiger partial charge < -0.3 is 15.1 Å². The Balaban J connectivity index is 1.91. The van der Waals surface area contributed by atoms with E-state index in [0.717, 1.165) is 13.1 Å². The van der Waals surface area contributed by atoms with Gasteiger partial charge in [-0.15, -0.1) is 0 Å². The van der Waals surface area contributed by atoms with Crippen LogP contribution in [-0.2, 0) is 9.59 Å². The van der Waals surface area contributed by atoms with E-state index in [1.54, 1.807) is 4.90 Å². The summed E-state index contributed by atoms with van der Waals surface area (Å²) in [5.41, 5.74) is -0.425. The Kier molecular flexibility index (Phi) is 3.82. The number of rotatable bonds is 4. The van der Waals surface area contributed by atoms with Crippen molar-refractivity contribution in [2.45, 2.75) is 13.8 Å². The molecule has 0 aromatic rings. The second-order valence-electron chi connectivity index (χ2n) is 6.01. The Bertz CT molecular complexity index is 375. The minimum atomic E-state index is -0.873. The number of carbonyl (C=O) groups excluding carboxylic acids is 1. The van der Waals surface area contributed by atoms with Gasteiger partial charge in [0.15, 0.2) is 0 Å². The van der Waals surface area contributed by atoms with Gasteiger partial charge in [0.1, 0.15) is 0 Å². The molecule has 2 atom stereocenters. The van der Waals surface area contributed by atoms with Gasteiger partial charge in [0.05, 0.1) is 18.4 Å². The van der Waals surface area contributed by atoms with Crippen LogP contribution in [0, 0.1) is 17.3 Å². The predicted octanol–water partition coefficient (Wildman–Crippen LogP) is -0.520. The van der Waals surface area contributed by atoms with Crippen molar-refractivity contribution in [1.29, 1.82) is 0 Å². The Morgan fingerprint density at radius 3 is 2.16 bits per heavy atom. The number of aliphatic hydroxyl groups is 1. The van der Waals surface area contributed by atoms with Crippen LogP contribution >= 0.6 is 0 Å². The Morgan fingerprint density at radius 1 is 1.16 bits per heavy atom. The van der Waals surface area contributed by atoms with Crippen molar-refractivity contribution >= 4 is 11.9 Å². The van der Waals surface area contributed by atoms with E-state index in [1.165, 1.54) is 0 Å². The Hall–Kier alpha value is -1.14. The lowest BCUT2D eigenvalue weighted by molar-refractivity contribution is -0.142. The maximum absolute atomic E-state index is 12.4. The zero-order chi connectivity index (χ0) is 14.2. The fourth-order valence-corrected chi connectivity index (χ4v) is 3.09. The minimum absolute atomic E-state index is 0.0268. The lowest BCUT2D eigenvalue weighted by Crippen LogP contribution is -2.50. The number of hydrogen-bond donors (Lipinski definition) is 2. The highest BCUT2D eigenvalue weighted by atomic mass is 16.4. The second kappa shape index (κ2) is 5.09. The van der Waals surface area contributed by atoms with Gasteiger partial charge in [-0.1, -0.05) is 13.8 Å². The molecule has 19 heavy (non-hydrogen) atoms. The first-order chi connectivity index (χ1) is 8.89. The average molecular weight is 270 g/mol. The third-order valence-electron chi connectivity index (χ3n) is 4.46. The zero-order valence-electron chi connectivity index (χ0n) is 11.5. The van der Waals surface area contributed by atoms with Crippen LogP contribution in [0.2, 0.25) is 0 Å². The minimum Gasteiger partial charge on any atom is -0.481 e. The number of carboxylic acid groups (broad SMARTS) is 1. The molecule has 1 saturated heterocycles. The number of hydrogen-bond acceptors (Lipinski definition) is 4. The first-order valence-electron chi connectivity index (χ1n) is 6.74. The molecule has 6 nitrogen and oxygen atoms in total. The maximum atomic E-state index is 12.4. The molecule has 0 spiro atoms. The van der Waals surface area contributed by atoms with E-state index in [-0.39, 0.29) is 18.4 Å². The summed E-state index contributed by atoms with van der Waals surface area (Å²) in [4.78, 5) is 27.3. The molecule has 2 fully saturated rings. The van der Waals surface area contributed by atoms with Crippen LogP contribution in [0.25, 0.3) is 0 Å². The molecule has 2 N–H and O–H groups in total. The van der Waals surface area contributed by atoms with Crippen LogP contribution in [0.5, 0.6) is 0 Å². The molecule has 1 amide bonds. The number of piperazine rings is 1. The third-order valence-corrected chi connectivity index (χ3v) is 4.46. The second-order valence-corrected chi connectivity index (χ2v) is 6.01. The Morgan fingerprint density at radius 2 is 1.74 bits per heavy atom. The summed E-state index contributed by atoms with van der Waals surface area (Å²) >= 11 is 0. The zero-order valence-corrected chi connectivity index (χ0v) is 11.5. The number of carboxylic acids is 1. The van der Waals surface area contributed by atoms with Crippen molar-refractivity contribution in [2.75, 3.05) is 39.3 Å². The number of carbonyl (C=O) groups is 2. The first kappa shape index (κ1) is 14.3. The SMILES string of the molecule is CC1(C)[C@@H](C(=O)O)[C@@H]1C(=O)N1CCN(CCO)CC1. The summed E-state index contributed by atoms with van der Waals surface area (Å²) in [6, 6.07) is 0. The van der Waals surface area contributed by atoms with Crippen molar-refractivity contribution < 1.29 is 19.8 Å². The van der Waals surface area contributed by atoms with Crippen molar-refractivity contribution in [3.63, 3.8) is 0 Å². The van der Waals surface area contributed by atoms with E-state index < -0.39 is 17.3 Å². The van der Waals surface area contributed by atoms with Crippen LogP contribution < -0.4 is 0 Å². The van der Waals surface area contributed by atoms with Crippen LogP contribution in [0.3, 0.4) is 0 Å². The van der Waals surface area contributed by atoms with Crippen molar-refractivity contribution in [2.24, 2.45) is 17.3 Å². The topological polar surface area (TPSA) is 81.1 Å². The van der Waals surface area contributed by atoms with E-state index in [1.807, 2.05) is 13.8 Å². The fraction of sp³-hybridized carbons (Fsp3) is 0.846. The maximum Gasteiger partial charge on any atom is 0.307 e. The molecule has 0 aromatic carbocycles. The van der Waals surface area contributed by atoms with Crippen molar-refractivity contribution in [3.05, 3.63) is 0 Å². The number of aliphatic hydroxyl groups excluding tert-OH is 1. The summed E-state index contributed by atoms with van der Waals surface area (Å²) < 4.78 is 0. The van der Waals surface area contributed by atoms with Gasteiger partial charge in [0.25, 0.3) is 0 Å². The molecule has 0 aromatic heterocycles. The van der Waals surface area contributed by atoms with Gasteiger partial charge >= 0.3 is 5.97 Å². The van der Waals surface area contributed by atoms with Gasteiger partial charge in [0, 0.05) is 32.7 Å². The first-order valence-corrected chi connectivity index (χ1v) is 6.74. The normalized spacial score (nSPS) is 30.2. The van der Waals surface area contributed by atoms with Gasteiger partial charge in [-0.05, 0) is 5.41 Å². The highest BCUT2D eigenvalue weighted by Gasteiger charge is 2.66. The van der Waals surface area contributed by atoms with Crippen LogP contribution in [0.1, 0.15) is 13.8 Å². The molecular weight excluding hydrogens is 248 g/mol. The molecule has 0 radical (unpaired) electrons. The molecule has 1 heterocycles. The summed E-state index contributed by atoms with van der Waals surface area (Å²) in [7, 11) is 0. The van der Waals surface area contributed by atoms with Crippen molar-refractivity contribution in [1.82, 2.24) is 9.80 Å². The Labute approximate surface area is 113 Å². The lowest BCUT2D eigenvalue weighted by atomic mass is 10.1. The van der Waals surface area contributed by atoms with E-state index in [0.29, 0.717) is 19.6 Å². The summed E-state index contributed by atoms with van der Waals surface area (Å²) in [5.74, 6) is -1.83. The lowest BCUT2D eigenvalue weighted by Gasteiger charge is -2.34. The van der Waals surface area contributed by atoms with Gasteiger partial charge in [-0.3, -0.25) is 14.5 Å². The van der Waals surface area contributed by atoms with Crippen LogP contribution in [-0.4, -0.2) is 71.2 Å². The molecule has 1 aliphatic carbocycles. The molecule has 1 aliphatic heterocycles. The molecule has 0 bridgehead atoms. The number of nitrogens with zero attached hydrogens (tertiary/aromatic N) is 2. The highest BCUT2D eigenvalue weighted by Crippen LogP contribution is 2.59. The van der Waals surface area contributed by atoms with Gasteiger partial charge in [-0.2, -0.15) is 0 Å². The van der Waals surface area contributed by atoms with Gasteiger partial charge in [0.2, 0.25) is 5.91 Å². The molecule has 6 heteroatoms. The monoisotopic (exact) mass is 270 g/mol. The molecule has 2 rings (SSSR count). The van der Waals surface area contributed by atoms with E-state index >= 15 is 0 Å². The highest BCUT2D eigenvalue weighted by molar-refractivity contribution is 5.91. The van der Waals surface area contributed by atoms with E-state index in [4.69, 9.17) is 10.2 Å². The van der Waals surface area contributed by atoms with Crippen LogP contribution in [0.4, 0.5) is 0 Å². The van der Waals surface area contributed by atoms with Gasteiger partial charge in [-0.25, -0.2) is 0 Å².